The van der Waals surface area contributed by atoms with Crippen LogP contribution in [0.4, 0.5) is 0 Å². The lowest BCUT2D eigenvalue weighted by Crippen LogP contribution is -2.49. The average molecular weight is 656 g/mol. The van der Waals surface area contributed by atoms with Gasteiger partial charge in [0.1, 0.15) is 11.6 Å². The Morgan fingerprint density at radius 3 is 1.27 bits per heavy atom. The zero-order valence-electron chi connectivity index (χ0n) is 30.7. The Morgan fingerprint density at radius 1 is 0.600 bits per heavy atom. The first kappa shape index (κ1) is 44.2. The van der Waals surface area contributed by atoms with E-state index >= 15 is 0 Å². The molecule has 3 atom stereocenters. The minimum atomic E-state index is -0.812. The first-order valence-electron chi connectivity index (χ1n) is 19.5. The molecule has 0 aliphatic carbocycles. The molecule has 0 fully saturated rings. The van der Waals surface area contributed by atoms with Crippen molar-refractivity contribution in [3.05, 3.63) is 0 Å². The summed E-state index contributed by atoms with van der Waals surface area (Å²) in [6.45, 7) is 9.98. The zero-order chi connectivity index (χ0) is 33.6. The predicted octanol–water partition coefficient (Wildman–Crippen LogP) is 11.3. The van der Waals surface area contributed by atoms with Crippen LogP contribution in [0.1, 0.15) is 208 Å². The van der Waals surface area contributed by atoms with Crippen LogP contribution in [0.3, 0.4) is 0 Å². The van der Waals surface area contributed by atoms with Gasteiger partial charge in [-0.2, -0.15) is 12.6 Å². The molecule has 0 aliphatic heterocycles. The number of amides is 1. The second-order valence-electron chi connectivity index (χ2n) is 14.7. The standard InChI is InChI=1S/C39H77NO4S/c1-6-8-10-12-14-16-18-20-22-24-26-28-30-32-36(41)34(37(42)40-35(33-45)38(43)44-39(3,4)5)31-29-27-25-23-21-19-17-15-13-11-9-7-2/h34-36,41,45H,6-33H2,1-5H3,(H,40,42)/t34?,35-,36?/m0/s1. The van der Waals surface area contributed by atoms with E-state index < -0.39 is 29.6 Å². The van der Waals surface area contributed by atoms with Crippen molar-refractivity contribution in [2.45, 2.75) is 226 Å². The van der Waals surface area contributed by atoms with Crippen LogP contribution in [0.2, 0.25) is 0 Å². The molecule has 2 N–H and O–H groups in total. The lowest BCUT2D eigenvalue weighted by molar-refractivity contribution is -0.158. The van der Waals surface area contributed by atoms with Crippen molar-refractivity contribution in [3.8, 4) is 0 Å². The Morgan fingerprint density at radius 2 is 0.933 bits per heavy atom. The molecule has 0 spiro atoms. The van der Waals surface area contributed by atoms with Gasteiger partial charge in [-0.3, -0.25) is 4.79 Å². The van der Waals surface area contributed by atoms with Gasteiger partial charge in [-0.25, -0.2) is 4.79 Å². The molecular weight excluding hydrogens is 578 g/mol. The lowest BCUT2D eigenvalue weighted by atomic mass is 9.90. The highest BCUT2D eigenvalue weighted by Gasteiger charge is 2.31. The quantitative estimate of drug-likeness (QED) is 0.0383. The number of nitrogens with one attached hydrogen (secondary N) is 1. The van der Waals surface area contributed by atoms with E-state index in [1.54, 1.807) is 0 Å². The number of hydrogen-bond acceptors (Lipinski definition) is 5. The van der Waals surface area contributed by atoms with Gasteiger partial charge in [-0.05, 0) is 33.6 Å². The highest BCUT2D eigenvalue weighted by Crippen LogP contribution is 2.22. The topological polar surface area (TPSA) is 75.6 Å². The molecule has 0 bridgehead atoms. The van der Waals surface area contributed by atoms with Crippen molar-refractivity contribution in [2.75, 3.05) is 5.75 Å². The molecule has 2 unspecified atom stereocenters. The summed E-state index contributed by atoms with van der Waals surface area (Å²) in [5.41, 5.74) is -0.634. The van der Waals surface area contributed by atoms with Crippen LogP contribution in [0.15, 0.2) is 0 Å². The predicted molar refractivity (Wildman–Crippen MR) is 197 cm³/mol. The molecule has 0 aliphatic rings. The molecule has 1 amide bonds. The molecule has 268 valence electrons. The summed E-state index contributed by atoms with van der Waals surface area (Å²) in [5.74, 6) is -1.05. The maximum Gasteiger partial charge on any atom is 0.330 e. The molecule has 0 heterocycles. The summed E-state index contributed by atoms with van der Waals surface area (Å²) in [5, 5.41) is 14.0. The molecule has 0 aromatic carbocycles. The van der Waals surface area contributed by atoms with Crippen molar-refractivity contribution in [2.24, 2.45) is 5.92 Å². The van der Waals surface area contributed by atoms with Gasteiger partial charge in [-0.15, -0.1) is 0 Å². The number of ether oxygens (including phenoxy) is 1. The van der Waals surface area contributed by atoms with Gasteiger partial charge in [0.2, 0.25) is 5.91 Å². The molecule has 0 aromatic heterocycles. The first-order chi connectivity index (χ1) is 21.7. The van der Waals surface area contributed by atoms with Gasteiger partial charge >= 0.3 is 5.97 Å². The number of aliphatic hydroxyl groups is 1. The van der Waals surface area contributed by atoms with E-state index in [9.17, 15) is 14.7 Å². The van der Waals surface area contributed by atoms with Crippen molar-refractivity contribution in [3.63, 3.8) is 0 Å². The fourth-order valence-electron chi connectivity index (χ4n) is 6.11. The van der Waals surface area contributed by atoms with Crippen molar-refractivity contribution >= 4 is 24.5 Å². The number of unbranched alkanes of at least 4 members (excludes halogenated alkanes) is 23. The third-order valence-corrected chi connectivity index (χ3v) is 9.33. The van der Waals surface area contributed by atoms with E-state index in [2.05, 4.69) is 31.8 Å². The minimum absolute atomic E-state index is 0.168. The second-order valence-corrected chi connectivity index (χ2v) is 15.0. The summed E-state index contributed by atoms with van der Waals surface area (Å²) >= 11 is 4.31. The molecular formula is C39H77NO4S. The molecule has 0 radical (unpaired) electrons. The van der Waals surface area contributed by atoms with Gasteiger partial charge in [0.05, 0.1) is 12.0 Å². The summed E-state index contributed by atoms with van der Waals surface area (Å²) in [4.78, 5) is 26.0. The van der Waals surface area contributed by atoms with Crippen LogP contribution in [-0.4, -0.2) is 40.5 Å². The van der Waals surface area contributed by atoms with E-state index in [-0.39, 0.29) is 11.7 Å². The largest absolute Gasteiger partial charge is 0.458 e. The van der Waals surface area contributed by atoms with Crippen LogP contribution < -0.4 is 5.32 Å². The monoisotopic (exact) mass is 656 g/mol. The van der Waals surface area contributed by atoms with Crippen LogP contribution in [0, 0.1) is 5.92 Å². The van der Waals surface area contributed by atoms with Crippen LogP contribution in [0.25, 0.3) is 0 Å². The van der Waals surface area contributed by atoms with Crippen molar-refractivity contribution < 1.29 is 19.4 Å². The third kappa shape index (κ3) is 28.0. The van der Waals surface area contributed by atoms with E-state index in [4.69, 9.17) is 4.74 Å². The first-order valence-corrected chi connectivity index (χ1v) is 20.1. The van der Waals surface area contributed by atoms with Gasteiger partial charge in [0, 0.05) is 5.75 Å². The lowest BCUT2D eigenvalue weighted by Gasteiger charge is -2.27. The summed E-state index contributed by atoms with van der Waals surface area (Å²) in [6, 6.07) is -0.812. The fourth-order valence-corrected chi connectivity index (χ4v) is 6.35. The van der Waals surface area contributed by atoms with E-state index in [0.717, 1.165) is 25.7 Å². The van der Waals surface area contributed by atoms with Gasteiger partial charge < -0.3 is 15.2 Å². The maximum atomic E-state index is 13.4. The Kier molecular flexibility index (Phi) is 30.1. The third-order valence-electron chi connectivity index (χ3n) is 8.96. The Balaban J connectivity index is 4.53. The van der Waals surface area contributed by atoms with Gasteiger partial charge in [0.25, 0.3) is 0 Å². The van der Waals surface area contributed by atoms with Crippen LogP contribution >= 0.6 is 12.6 Å². The molecule has 0 saturated carbocycles. The van der Waals surface area contributed by atoms with Crippen molar-refractivity contribution in [1.29, 1.82) is 0 Å². The smallest absolute Gasteiger partial charge is 0.330 e. The zero-order valence-corrected chi connectivity index (χ0v) is 31.5. The second kappa shape index (κ2) is 30.6. The van der Waals surface area contributed by atoms with Crippen LogP contribution in [-0.2, 0) is 14.3 Å². The number of esters is 1. The Labute approximate surface area is 286 Å². The van der Waals surface area contributed by atoms with Crippen molar-refractivity contribution in [1.82, 2.24) is 5.32 Å². The number of carbonyl (C=O) groups excluding carboxylic acids is 2. The SMILES string of the molecule is CCCCCCCCCCCCCCCC(O)C(CCCCCCCCCCCCCC)C(=O)N[C@@H](CS)C(=O)OC(C)(C)C. The maximum absolute atomic E-state index is 13.4. The molecule has 0 rings (SSSR count). The molecule has 5 nitrogen and oxygen atoms in total. The Hall–Kier alpha value is -0.750. The minimum Gasteiger partial charge on any atom is -0.458 e. The molecule has 0 aromatic rings. The highest BCUT2D eigenvalue weighted by atomic mass is 32.1. The van der Waals surface area contributed by atoms with Crippen LogP contribution in [0.5, 0.6) is 0 Å². The molecule has 0 saturated heterocycles. The normalized spacial score (nSPS) is 13.8. The number of thiol groups is 1. The molecule has 45 heavy (non-hydrogen) atoms. The van der Waals surface area contributed by atoms with E-state index in [1.165, 1.54) is 135 Å². The summed E-state index contributed by atoms with van der Waals surface area (Å²) in [6.07, 6.45) is 32.5. The molecule has 6 heteroatoms. The van der Waals surface area contributed by atoms with Gasteiger partial charge in [-0.1, -0.05) is 174 Å². The van der Waals surface area contributed by atoms with E-state index in [1.807, 2.05) is 20.8 Å². The Bertz CT molecular complexity index is 680. The number of carbonyl (C=O) groups is 2. The number of rotatable bonds is 32. The summed E-state index contributed by atoms with van der Waals surface area (Å²) in [7, 11) is 0. The number of hydrogen-bond donors (Lipinski definition) is 3. The highest BCUT2D eigenvalue weighted by molar-refractivity contribution is 7.80. The van der Waals surface area contributed by atoms with E-state index in [0.29, 0.717) is 12.8 Å². The van der Waals surface area contributed by atoms with Gasteiger partial charge in [0.15, 0.2) is 0 Å². The average Bonchev–Trinajstić information content (AvgIpc) is 2.99. The fraction of sp³-hybridized carbons (Fsp3) is 0.949. The summed E-state index contributed by atoms with van der Waals surface area (Å²) < 4.78 is 5.50. The number of aliphatic hydroxyl groups excluding tert-OH is 1.